The number of rotatable bonds is 3. The molecule has 2 bridgehead atoms. The van der Waals surface area contributed by atoms with Gasteiger partial charge in [-0.3, -0.25) is 9.79 Å². The highest BCUT2D eigenvalue weighted by Crippen LogP contribution is 2.72. The third kappa shape index (κ3) is 7.17. The molecule has 1 aromatic heterocycles. The molecular formula is C46H71N5O5S2. The molecule has 0 unspecified atom stereocenters. The highest BCUT2D eigenvalue weighted by molar-refractivity contribution is 8.76. The molecule has 7 aliphatic rings. The van der Waals surface area contributed by atoms with E-state index in [4.69, 9.17) is 11.5 Å². The van der Waals surface area contributed by atoms with Gasteiger partial charge in [-0.05, 0) is 129 Å². The summed E-state index contributed by atoms with van der Waals surface area (Å²) in [5.74, 6) is 0.330. The topological polar surface area (TPSA) is 180 Å². The molecule has 0 aromatic carbocycles. The lowest BCUT2D eigenvalue weighted by atomic mass is 9.42. The zero-order valence-electron chi connectivity index (χ0n) is 35.6. The molecule has 322 valence electrons. The molecule has 8 N–H and O–H groups in total. The lowest BCUT2D eigenvalue weighted by molar-refractivity contribution is -0.168. The van der Waals surface area contributed by atoms with Crippen LogP contribution in [0, 0.1) is 57.2 Å². The molecule has 12 heteroatoms. The third-order valence-electron chi connectivity index (χ3n) is 17.6. The Morgan fingerprint density at radius 2 is 1.69 bits per heavy atom. The van der Waals surface area contributed by atoms with E-state index in [1.165, 1.54) is 44.1 Å². The molecule has 1 spiro atoms. The monoisotopic (exact) mass is 837 g/mol. The number of hydrogen-bond acceptors (Lipinski definition) is 9. The van der Waals surface area contributed by atoms with Crippen LogP contribution >= 0.6 is 21.6 Å². The summed E-state index contributed by atoms with van der Waals surface area (Å²) in [6.45, 7) is 11.7. The lowest BCUT2D eigenvalue weighted by Gasteiger charge is -2.63. The molecular weight excluding hydrogens is 767 g/mol. The van der Waals surface area contributed by atoms with E-state index in [1.807, 2.05) is 34.1 Å². The van der Waals surface area contributed by atoms with E-state index in [9.17, 15) is 25.2 Å². The number of aliphatic hydroxyl groups is 4. The number of carbonyl (C=O) groups excluding carboxylic acids is 1. The van der Waals surface area contributed by atoms with Gasteiger partial charge < -0.3 is 36.5 Å². The van der Waals surface area contributed by atoms with Crippen LogP contribution in [0.2, 0.25) is 0 Å². The Bertz CT molecular complexity index is 1790. The van der Waals surface area contributed by atoms with Crippen LogP contribution in [-0.4, -0.2) is 83.7 Å². The van der Waals surface area contributed by atoms with Gasteiger partial charge in [0.05, 0.1) is 30.2 Å². The number of imidazole rings is 1. The molecule has 1 aliphatic heterocycles. The fourth-order valence-corrected chi connectivity index (χ4v) is 17.5. The molecule has 8 rings (SSSR count). The Balaban J connectivity index is 1.23. The lowest BCUT2D eigenvalue weighted by Crippen LogP contribution is -2.65. The summed E-state index contributed by atoms with van der Waals surface area (Å²) in [5.41, 5.74) is 13.3. The number of aromatic nitrogens is 2. The van der Waals surface area contributed by atoms with Crippen molar-refractivity contribution in [3.63, 3.8) is 0 Å². The Kier molecular flexibility index (Phi) is 11.7. The molecule has 6 fully saturated rings. The molecule has 10 nitrogen and oxygen atoms in total. The van der Waals surface area contributed by atoms with E-state index >= 15 is 0 Å². The minimum atomic E-state index is -1.33. The van der Waals surface area contributed by atoms with Gasteiger partial charge in [0.25, 0.3) is 0 Å². The highest BCUT2D eigenvalue weighted by Gasteiger charge is 2.72. The molecule has 13 atom stereocenters. The van der Waals surface area contributed by atoms with Crippen molar-refractivity contribution in [2.24, 2.45) is 73.6 Å². The van der Waals surface area contributed by atoms with Crippen LogP contribution in [0.3, 0.4) is 0 Å². The fourth-order valence-electron chi connectivity index (χ4n) is 14.8. The number of fused-ring (bicyclic) bond motifs is 9. The highest BCUT2D eigenvalue weighted by atomic mass is 33.1. The van der Waals surface area contributed by atoms with Crippen molar-refractivity contribution in [1.29, 1.82) is 0 Å². The average Bonchev–Trinajstić information content (AvgIpc) is 3.91. The predicted molar refractivity (Wildman–Crippen MR) is 234 cm³/mol. The van der Waals surface area contributed by atoms with Crippen LogP contribution in [0.1, 0.15) is 131 Å². The van der Waals surface area contributed by atoms with E-state index in [2.05, 4.69) is 55.4 Å². The summed E-state index contributed by atoms with van der Waals surface area (Å²) >= 11 is 0. The number of ketones is 1. The quantitative estimate of drug-likeness (QED) is 0.0805. The van der Waals surface area contributed by atoms with Gasteiger partial charge in [-0.1, -0.05) is 80.2 Å². The number of allylic oxidation sites excluding steroid dienone is 2. The van der Waals surface area contributed by atoms with E-state index in [0.29, 0.717) is 30.6 Å². The first-order valence-electron chi connectivity index (χ1n) is 22.4. The second kappa shape index (κ2) is 15.8. The number of aliphatic imine (C=N–C) groups is 1. The number of carbonyl (C=O) groups is 1. The summed E-state index contributed by atoms with van der Waals surface area (Å²) in [7, 11) is 3.70. The van der Waals surface area contributed by atoms with Crippen molar-refractivity contribution in [3.05, 3.63) is 41.5 Å². The van der Waals surface area contributed by atoms with Crippen molar-refractivity contribution in [3.8, 4) is 0 Å². The zero-order valence-corrected chi connectivity index (χ0v) is 37.2. The summed E-state index contributed by atoms with van der Waals surface area (Å²) in [5, 5.41) is 48.6. The molecule has 6 aliphatic carbocycles. The van der Waals surface area contributed by atoms with Crippen molar-refractivity contribution >= 4 is 33.3 Å². The van der Waals surface area contributed by atoms with Crippen LogP contribution in [-0.2, 0) is 4.79 Å². The summed E-state index contributed by atoms with van der Waals surface area (Å²) < 4.78 is 2.27. The van der Waals surface area contributed by atoms with Crippen molar-refractivity contribution in [1.82, 2.24) is 9.55 Å². The maximum atomic E-state index is 14.3. The standard InChI is InChI=1S/C46H71N5O5S2/c1-27-32-15-30(46(56)35-18-37(53)34-17-38(54)39(55)22-43(34,4)40(35)29(19-44(32,46)5)23-50-41(47)48)24-57-58-25-31(51-14-13-49-26-51)21-42(2,3)33(16-36(27)52)28-9-8-12-45(20-28)10-6-7-11-45/h13-14,18,26-27,29-32,34,36,38-40,52,54-56H,6-12,15-17,19-25H2,1-5H3,(H4,47,48,50)/b33-28+/t27-,29-,30+,31+,32+,34-,36+,38+,39-,40-,43-,44+,46+/m0/s1. The number of hydrogen-bond donors (Lipinski definition) is 6. The maximum Gasteiger partial charge on any atom is 0.185 e. The third-order valence-corrected chi connectivity index (χ3v) is 20.2. The van der Waals surface area contributed by atoms with Crippen molar-refractivity contribution < 1.29 is 25.2 Å². The minimum Gasteiger partial charge on any atom is -0.393 e. The summed E-state index contributed by atoms with van der Waals surface area (Å²) in [4.78, 5) is 23.4. The van der Waals surface area contributed by atoms with Crippen LogP contribution < -0.4 is 11.5 Å². The molecule has 1 saturated heterocycles. The van der Waals surface area contributed by atoms with Crippen LogP contribution in [0.15, 0.2) is 46.5 Å². The van der Waals surface area contributed by atoms with Gasteiger partial charge in [0.15, 0.2) is 11.7 Å². The SMILES string of the molecule is C[C@@H]1[C@H](O)C/C(=C2/CCCC3(CCCC3)C2)C(C)(C)C[C@@H](n2ccnc2)CSSC[C@H]2C[C@H]1[C@@]1(C)C[C@@H](CN=C(N)N)[C@H]3C(=CC(=O)[C@@H]4C[C@@H](O)[C@@H](O)C[C@]34C)[C@]21O. The van der Waals surface area contributed by atoms with E-state index in [-0.39, 0.29) is 65.6 Å². The van der Waals surface area contributed by atoms with Gasteiger partial charge in [0.1, 0.15) is 0 Å². The van der Waals surface area contributed by atoms with Gasteiger partial charge in [-0.25, -0.2) is 4.98 Å². The Morgan fingerprint density at radius 3 is 2.40 bits per heavy atom. The average molecular weight is 838 g/mol. The van der Waals surface area contributed by atoms with Crippen molar-refractivity contribution in [2.45, 2.75) is 154 Å². The molecule has 0 amide bonds. The smallest absolute Gasteiger partial charge is 0.185 e. The molecule has 2 heterocycles. The number of nitrogens with zero attached hydrogens (tertiary/aromatic N) is 3. The van der Waals surface area contributed by atoms with Gasteiger partial charge >= 0.3 is 0 Å². The fraction of sp³-hybridized carbons (Fsp3) is 0.804. The van der Waals surface area contributed by atoms with Crippen LogP contribution in [0.25, 0.3) is 0 Å². The number of nitrogens with two attached hydrogens (primary N) is 2. The first kappa shape index (κ1) is 42.8. The first-order valence-corrected chi connectivity index (χ1v) is 24.9. The molecule has 58 heavy (non-hydrogen) atoms. The minimum absolute atomic E-state index is 0.00654. The Morgan fingerprint density at radius 1 is 0.966 bits per heavy atom. The largest absolute Gasteiger partial charge is 0.393 e. The van der Waals surface area contributed by atoms with Crippen LogP contribution in [0.5, 0.6) is 0 Å². The van der Waals surface area contributed by atoms with Gasteiger partial charge in [0, 0.05) is 53.7 Å². The first-order chi connectivity index (χ1) is 27.4. The maximum absolute atomic E-state index is 14.3. The summed E-state index contributed by atoms with van der Waals surface area (Å²) in [6.07, 6.45) is 18.5. The van der Waals surface area contributed by atoms with E-state index in [0.717, 1.165) is 37.0 Å². The van der Waals surface area contributed by atoms with Gasteiger partial charge in [-0.2, -0.15) is 0 Å². The van der Waals surface area contributed by atoms with E-state index < -0.39 is 40.7 Å². The second-order valence-corrected chi connectivity index (χ2v) is 23.9. The zero-order chi connectivity index (χ0) is 41.4. The number of guanidine groups is 1. The summed E-state index contributed by atoms with van der Waals surface area (Å²) in [6, 6.07) is 0.204. The normalized spacial score (nSPS) is 45.4. The predicted octanol–water partition coefficient (Wildman–Crippen LogP) is 6.98. The van der Waals surface area contributed by atoms with E-state index in [1.54, 1.807) is 11.6 Å². The Labute approximate surface area is 354 Å². The van der Waals surface area contributed by atoms with Gasteiger partial charge in [-0.15, -0.1) is 0 Å². The van der Waals surface area contributed by atoms with Gasteiger partial charge in [0.2, 0.25) is 0 Å². The Hall–Kier alpha value is -1.83. The molecule has 0 radical (unpaired) electrons. The molecule has 1 aromatic rings. The second-order valence-electron chi connectivity index (χ2n) is 21.3. The van der Waals surface area contributed by atoms with Crippen LogP contribution in [0.4, 0.5) is 0 Å². The number of aliphatic hydroxyl groups excluding tert-OH is 3. The van der Waals surface area contributed by atoms with Crippen molar-refractivity contribution in [2.75, 3.05) is 18.1 Å². The molecule has 5 saturated carbocycles.